The zero-order chi connectivity index (χ0) is 23.7. The van der Waals surface area contributed by atoms with Crippen LogP contribution in [0.2, 0.25) is 0 Å². The lowest BCUT2D eigenvalue weighted by atomic mass is 9.97. The summed E-state index contributed by atoms with van der Waals surface area (Å²) in [5, 5.41) is 0.469. The Balaban J connectivity index is 1.85. The molecule has 7 heteroatoms. The van der Waals surface area contributed by atoms with Gasteiger partial charge in [-0.25, -0.2) is 0 Å². The summed E-state index contributed by atoms with van der Waals surface area (Å²) >= 11 is 0. The maximum absolute atomic E-state index is 13.6. The minimum atomic E-state index is -0.590. The van der Waals surface area contributed by atoms with E-state index < -0.39 is 6.04 Å². The molecule has 1 amide bonds. The van der Waals surface area contributed by atoms with Gasteiger partial charge >= 0.3 is 0 Å². The van der Waals surface area contributed by atoms with Gasteiger partial charge in [-0.3, -0.25) is 9.59 Å². The highest BCUT2D eigenvalue weighted by Crippen LogP contribution is 2.41. The Kier molecular flexibility index (Phi) is 6.42. The second-order valence-electron chi connectivity index (χ2n) is 8.46. The first kappa shape index (κ1) is 22.9. The SMILES string of the molecule is COc1ccc([C@H]2c3c(oc4ccc(C)cc4c3=O)C(=O)N2CCCOC(C)C)cc1OC. The van der Waals surface area contributed by atoms with Gasteiger partial charge in [0, 0.05) is 13.2 Å². The number of hydrogen-bond donors (Lipinski definition) is 0. The Hall–Kier alpha value is -3.32. The van der Waals surface area contributed by atoms with Gasteiger partial charge in [0.2, 0.25) is 5.76 Å². The fourth-order valence-corrected chi connectivity index (χ4v) is 4.29. The molecule has 0 aliphatic carbocycles. The maximum atomic E-state index is 13.6. The van der Waals surface area contributed by atoms with Crippen molar-refractivity contribution in [3.8, 4) is 11.5 Å². The van der Waals surface area contributed by atoms with Gasteiger partial charge in [-0.05, 0) is 57.0 Å². The predicted molar refractivity (Wildman–Crippen MR) is 125 cm³/mol. The first-order valence-electron chi connectivity index (χ1n) is 11.1. The number of hydrogen-bond acceptors (Lipinski definition) is 6. The summed E-state index contributed by atoms with van der Waals surface area (Å²) in [5.41, 5.74) is 2.28. The van der Waals surface area contributed by atoms with Gasteiger partial charge < -0.3 is 23.5 Å². The number of carbonyl (C=O) groups is 1. The van der Waals surface area contributed by atoms with Crippen LogP contribution in [0.5, 0.6) is 11.5 Å². The van der Waals surface area contributed by atoms with Gasteiger partial charge in [0.05, 0.1) is 37.3 Å². The lowest BCUT2D eigenvalue weighted by Gasteiger charge is -2.26. The summed E-state index contributed by atoms with van der Waals surface area (Å²) in [6.07, 6.45) is 0.740. The van der Waals surface area contributed by atoms with Crippen molar-refractivity contribution < 1.29 is 23.4 Å². The normalized spacial score (nSPS) is 15.4. The van der Waals surface area contributed by atoms with Crippen LogP contribution in [0.4, 0.5) is 0 Å². The molecule has 2 heterocycles. The molecule has 0 unspecified atom stereocenters. The third kappa shape index (κ3) is 4.20. The largest absolute Gasteiger partial charge is 0.493 e. The van der Waals surface area contributed by atoms with Crippen molar-refractivity contribution in [1.29, 1.82) is 0 Å². The van der Waals surface area contributed by atoms with E-state index in [9.17, 15) is 9.59 Å². The van der Waals surface area contributed by atoms with Crippen molar-refractivity contribution in [2.75, 3.05) is 27.4 Å². The van der Waals surface area contributed by atoms with Crippen LogP contribution >= 0.6 is 0 Å². The first-order valence-corrected chi connectivity index (χ1v) is 11.1. The van der Waals surface area contributed by atoms with Gasteiger partial charge in [0.15, 0.2) is 16.9 Å². The molecule has 1 aromatic heterocycles. The zero-order valence-electron chi connectivity index (χ0n) is 19.6. The first-order chi connectivity index (χ1) is 15.8. The Morgan fingerprint density at radius 3 is 2.48 bits per heavy atom. The number of rotatable bonds is 8. The molecule has 174 valence electrons. The van der Waals surface area contributed by atoms with Crippen molar-refractivity contribution in [3.63, 3.8) is 0 Å². The third-order valence-electron chi connectivity index (χ3n) is 5.84. The van der Waals surface area contributed by atoms with Gasteiger partial charge in [0.1, 0.15) is 5.58 Å². The molecule has 1 atom stereocenters. The Morgan fingerprint density at radius 1 is 1.03 bits per heavy atom. The number of ether oxygens (including phenoxy) is 3. The average molecular weight is 452 g/mol. The molecule has 1 aliphatic heterocycles. The van der Waals surface area contributed by atoms with Crippen LogP contribution in [0.25, 0.3) is 11.0 Å². The Bertz CT molecular complexity index is 1250. The molecule has 3 aromatic rings. The summed E-state index contributed by atoms with van der Waals surface area (Å²) < 4.78 is 22.5. The molecular weight excluding hydrogens is 422 g/mol. The molecule has 0 saturated carbocycles. The highest BCUT2D eigenvalue weighted by molar-refractivity contribution is 5.99. The van der Waals surface area contributed by atoms with Crippen LogP contribution in [0.15, 0.2) is 45.6 Å². The standard InChI is InChI=1S/C26H29NO6/c1-15(2)32-12-6-11-27-23(17-8-10-20(30-4)21(14-17)31-5)22-24(28)18-13-16(3)7-9-19(18)33-25(22)26(27)29/h7-10,13-15,23H,6,11-12H2,1-5H3/t23-/m0/s1. The number of amides is 1. The van der Waals surface area contributed by atoms with E-state index in [1.807, 2.05) is 39.0 Å². The highest BCUT2D eigenvalue weighted by atomic mass is 16.5. The second-order valence-corrected chi connectivity index (χ2v) is 8.46. The second kappa shape index (κ2) is 9.27. The Labute approximate surface area is 192 Å². The van der Waals surface area contributed by atoms with Crippen molar-refractivity contribution in [1.82, 2.24) is 4.90 Å². The lowest BCUT2D eigenvalue weighted by molar-refractivity contribution is 0.0593. The van der Waals surface area contributed by atoms with E-state index in [0.29, 0.717) is 47.6 Å². The van der Waals surface area contributed by atoms with E-state index >= 15 is 0 Å². The van der Waals surface area contributed by atoms with E-state index in [4.69, 9.17) is 18.6 Å². The molecule has 0 N–H and O–H groups in total. The van der Waals surface area contributed by atoms with E-state index in [2.05, 4.69) is 0 Å². The summed E-state index contributed by atoms with van der Waals surface area (Å²) in [6, 6.07) is 10.3. The highest BCUT2D eigenvalue weighted by Gasteiger charge is 2.42. The van der Waals surface area contributed by atoms with Crippen LogP contribution in [0.3, 0.4) is 0 Å². The molecule has 0 saturated heterocycles. The predicted octanol–water partition coefficient (Wildman–Crippen LogP) is 4.48. The third-order valence-corrected chi connectivity index (χ3v) is 5.84. The molecule has 0 bridgehead atoms. The van der Waals surface area contributed by atoms with E-state index in [-0.39, 0.29) is 23.2 Å². The fourth-order valence-electron chi connectivity index (χ4n) is 4.29. The molecule has 1 aliphatic rings. The van der Waals surface area contributed by atoms with E-state index in [1.165, 1.54) is 0 Å². The number of nitrogens with zero attached hydrogens (tertiary/aromatic N) is 1. The van der Waals surface area contributed by atoms with Crippen molar-refractivity contribution >= 4 is 16.9 Å². The van der Waals surface area contributed by atoms with Crippen LogP contribution in [0, 0.1) is 6.92 Å². The Morgan fingerprint density at radius 2 is 1.79 bits per heavy atom. The molecular formula is C26H29NO6. The van der Waals surface area contributed by atoms with Gasteiger partial charge in [-0.2, -0.15) is 0 Å². The molecule has 7 nitrogen and oxygen atoms in total. The smallest absolute Gasteiger partial charge is 0.290 e. The maximum Gasteiger partial charge on any atom is 0.290 e. The summed E-state index contributed by atoms with van der Waals surface area (Å²) in [5.74, 6) is 0.902. The lowest BCUT2D eigenvalue weighted by Crippen LogP contribution is -2.31. The number of carbonyl (C=O) groups excluding carboxylic acids is 1. The number of fused-ring (bicyclic) bond motifs is 2. The number of aryl methyl sites for hydroxylation is 1. The van der Waals surface area contributed by atoms with Crippen molar-refractivity contribution in [3.05, 3.63) is 69.1 Å². The van der Waals surface area contributed by atoms with Crippen LogP contribution in [0.1, 0.15) is 53.6 Å². The number of methoxy groups -OCH3 is 2. The molecule has 0 radical (unpaired) electrons. The summed E-state index contributed by atoms with van der Waals surface area (Å²) in [6.45, 7) is 6.80. The van der Waals surface area contributed by atoms with Crippen molar-refractivity contribution in [2.24, 2.45) is 0 Å². The fraction of sp³-hybridized carbons (Fsp3) is 0.385. The zero-order valence-corrected chi connectivity index (χ0v) is 19.6. The minimum Gasteiger partial charge on any atom is -0.493 e. The van der Waals surface area contributed by atoms with Crippen LogP contribution in [-0.2, 0) is 4.74 Å². The van der Waals surface area contributed by atoms with E-state index in [0.717, 1.165) is 11.1 Å². The quantitative estimate of drug-likeness (QED) is 0.470. The molecule has 33 heavy (non-hydrogen) atoms. The van der Waals surface area contributed by atoms with Crippen LogP contribution < -0.4 is 14.9 Å². The minimum absolute atomic E-state index is 0.0981. The number of benzene rings is 2. The molecule has 0 fully saturated rings. The topological polar surface area (TPSA) is 78.2 Å². The monoisotopic (exact) mass is 451 g/mol. The van der Waals surface area contributed by atoms with Gasteiger partial charge in [-0.1, -0.05) is 17.7 Å². The molecule has 2 aromatic carbocycles. The summed E-state index contributed by atoms with van der Waals surface area (Å²) in [4.78, 5) is 28.8. The van der Waals surface area contributed by atoms with Gasteiger partial charge in [0.25, 0.3) is 5.91 Å². The molecule has 0 spiro atoms. The van der Waals surface area contributed by atoms with Crippen LogP contribution in [-0.4, -0.2) is 44.3 Å². The van der Waals surface area contributed by atoms with Crippen molar-refractivity contribution in [2.45, 2.75) is 39.3 Å². The summed E-state index contributed by atoms with van der Waals surface area (Å²) in [7, 11) is 3.12. The molecule has 4 rings (SSSR count). The van der Waals surface area contributed by atoms with Gasteiger partial charge in [-0.15, -0.1) is 0 Å². The average Bonchev–Trinajstić information content (AvgIpc) is 3.08. The van der Waals surface area contributed by atoms with E-state index in [1.54, 1.807) is 37.3 Å².